The monoisotopic (exact) mass is 364 g/mol. The van der Waals surface area contributed by atoms with E-state index >= 15 is 0 Å². The third-order valence-corrected chi connectivity index (χ3v) is 4.25. The third kappa shape index (κ3) is 5.01. The van der Waals surface area contributed by atoms with Gasteiger partial charge in [0.05, 0.1) is 0 Å². The molecule has 1 heterocycles. The molecule has 6 heteroatoms. The number of likely N-dealkylation sites (N-methyl/N-ethyl adjacent to an activating group) is 1. The zero-order chi connectivity index (χ0) is 19.1. The number of benzene rings is 2. The number of carbonyl (C=O) groups is 1. The van der Waals surface area contributed by atoms with Crippen LogP contribution < -0.4 is 5.32 Å². The van der Waals surface area contributed by atoms with Crippen LogP contribution in [0.5, 0.6) is 0 Å². The largest absolute Gasteiger partial charge is 0.354 e. The summed E-state index contributed by atoms with van der Waals surface area (Å²) >= 11 is 0. The van der Waals surface area contributed by atoms with Crippen LogP contribution in [-0.2, 0) is 11.2 Å². The van der Waals surface area contributed by atoms with Gasteiger partial charge >= 0.3 is 0 Å². The van der Waals surface area contributed by atoms with Crippen molar-refractivity contribution in [3.8, 4) is 11.4 Å². The number of rotatable bonds is 8. The van der Waals surface area contributed by atoms with Crippen molar-refractivity contribution in [2.75, 3.05) is 20.6 Å². The molecule has 3 aromatic rings. The highest BCUT2D eigenvalue weighted by atomic mass is 16.5. The third-order valence-electron chi connectivity index (χ3n) is 4.25. The quantitative estimate of drug-likeness (QED) is 0.622. The smallest absolute Gasteiger partial charge is 0.241 e. The SMILES string of the molecule is CN(C)C(C(=O)NCCCc1nc(-c2ccccc2)no1)c1ccccc1. The van der Waals surface area contributed by atoms with Gasteiger partial charge in [-0.15, -0.1) is 0 Å². The van der Waals surface area contributed by atoms with E-state index in [2.05, 4.69) is 15.5 Å². The van der Waals surface area contributed by atoms with Crippen molar-refractivity contribution in [2.45, 2.75) is 18.9 Å². The second kappa shape index (κ2) is 9.09. The molecule has 0 aliphatic heterocycles. The number of hydrogen-bond donors (Lipinski definition) is 1. The summed E-state index contributed by atoms with van der Waals surface area (Å²) in [5.74, 6) is 1.16. The maximum atomic E-state index is 12.6. The first-order valence-electron chi connectivity index (χ1n) is 9.02. The Kier molecular flexibility index (Phi) is 6.33. The Hall–Kier alpha value is -2.99. The van der Waals surface area contributed by atoms with Crippen molar-refractivity contribution in [1.82, 2.24) is 20.4 Å². The van der Waals surface area contributed by atoms with E-state index in [1.807, 2.05) is 79.7 Å². The van der Waals surface area contributed by atoms with Crippen molar-refractivity contribution in [2.24, 2.45) is 0 Å². The van der Waals surface area contributed by atoms with E-state index in [9.17, 15) is 4.79 Å². The van der Waals surface area contributed by atoms with Crippen LogP contribution >= 0.6 is 0 Å². The summed E-state index contributed by atoms with van der Waals surface area (Å²) in [5, 5.41) is 7.01. The van der Waals surface area contributed by atoms with Crippen LogP contribution in [0.15, 0.2) is 65.2 Å². The Balaban J connectivity index is 1.50. The minimum atomic E-state index is -0.306. The zero-order valence-corrected chi connectivity index (χ0v) is 15.6. The van der Waals surface area contributed by atoms with E-state index in [1.165, 1.54) is 0 Å². The molecule has 0 aliphatic rings. The standard InChI is InChI=1S/C21H24N4O2/c1-25(2)19(16-10-5-3-6-11-16)21(26)22-15-9-14-18-23-20(24-27-18)17-12-7-4-8-13-17/h3-8,10-13,19H,9,14-15H2,1-2H3,(H,22,26). The van der Waals surface area contributed by atoms with Gasteiger partial charge in [-0.3, -0.25) is 9.69 Å². The maximum absolute atomic E-state index is 12.6. The Bertz CT molecular complexity index is 847. The van der Waals surface area contributed by atoms with Gasteiger partial charge in [-0.05, 0) is 26.1 Å². The summed E-state index contributed by atoms with van der Waals surface area (Å²) in [6, 6.07) is 19.2. The van der Waals surface area contributed by atoms with Crippen LogP contribution in [0.1, 0.15) is 23.9 Å². The van der Waals surface area contributed by atoms with E-state index in [4.69, 9.17) is 4.52 Å². The molecule has 1 atom stereocenters. The van der Waals surface area contributed by atoms with Gasteiger partial charge in [-0.1, -0.05) is 65.8 Å². The average molecular weight is 364 g/mol. The van der Waals surface area contributed by atoms with Crippen LogP contribution in [0.4, 0.5) is 0 Å². The second-order valence-electron chi connectivity index (χ2n) is 6.55. The predicted molar refractivity (Wildman–Crippen MR) is 104 cm³/mol. The summed E-state index contributed by atoms with van der Waals surface area (Å²) < 4.78 is 5.30. The molecule has 140 valence electrons. The van der Waals surface area contributed by atoms with E-state index < -0.39 is 0 Å². The second-order valence-corrected chi connectivity index (χ2v) is 6.55. The molecule has 0 saturated carbocycles. The predicted octanol–water partition coefficient (Wildman–Crippen LogP) is 3.09. The van der Waals surface area contributed by atoms with Crippen LogP contribution in [0.25, 0.3) is 11.4 Å². The molecule has 3 rings (SSSR count). The van der Waals surface area contributed by atoms with Gasteiger partial charge in [0.15, 0.2) is 0 Å². The number of nitrogens with zero attached hydrogens (tertiary/aromatic N) is 3. The van der Waals surface area contributed by atoms with Crippen LogP contribution in [0.2, 0.25) is 0 Å². The van der Waals surface area contributed by atoms with Crippen molar-refractivity contribution in [3.05, 3.63) is 72.1 Å². The van der Waals surface area contributed by atoms with Gasteiger partial charge < -0.3 is 9.84 Å². The lowest BCUT2D eigenvalue weighted by Gasteiger charge is -2.23. The molecular formula is C21H24N4O2. The molecule has 1 amide bonds. The first kappa shape index (κ1) is 18.8. The lowest BCUT2D eigenvalue weighted by molar-refractivity contribution is -0.125. The number of hydrogen-bond acceptors (Lipinski definition) is 5. The van der Waals surface area contributed by atoms with Crippen LogP contribution in [0, 0.1) is 0 Å². The number of nitrogens with one attached hydrogen (secondary N) is 1. The molecule has 27 heavy (non-hydrogen) atoms. The molecule has 0 spiro atoms. The van der Waals surface area contributed by atoms with Gasteiger partial charge in [-0.2, -0.15) is 4.98 Å². The van der Waals surface area contributed by atoms with Crippen molar-refractivity contribution >= 4 is 5.91 Å². The summed E-state index contributed by atoms with van der Waals surface area (Å²) in [4.78, 5) is 18.9. The van der Waals surface area contributed by atoms with Crippen LogP contribution in [-0.4, -0.2) is 41.6 Å². The molecule has 2 aromatic carbocycles. The number of amides is 1. The molecule has 0 radical (unpaired) electrons. The van der Waals surface area contributed by atoms with Gasteiger partial charge in [0, 0.05) is 18.5 Å². The normalized spacial score (nSPS) is 12.1. The Labute approximate surface area is 159 Å². The Morgan fingerprint density at radius 1 is 1.07 bits per heavy atom. The molecule has 0 fully saturated rings. The van der Waals surface area contributed by atoms with Gasteiger partial charge in [0.2, 0.25) is 17.6 Å². The topological polar surface area (TPSA) is 71.3 Å². The lowest BCUT2D eigenvalue weighted by atomic mass is 10.1. The molecule has 1 unspecified atom stereocenters. The summed E-state index contributed by atoms with van der Waals surface area (Å²) in [6.07, 6.45) is 1.36. The highest BCUT2D eigenvalue weighted by Crippen LogP contribution is 2.18. The van der Waals surface area contributed by atoms with Crippen molar-refractivity contribution in [1.29, 1.82) is 0 Å². The van der Waals surface area contributed by atoms with Gasteiger partial charge in [-0.25, -0.2) is 0 Å². The molecule has 0 aliphatic carbocycles. The fourth-order valence-corrected chi connectivity index (χ4v) is 2.93. The fraction of sp³-hybridized carbons (Fsp3) is 0.286. The number of aryl methyl sites for hydroxylation is 1. The molecular weight excluding hydrogens is 340 g/mol. The molecule has 1 aromatic heterocycles. The first-order valence-corrected chi connectivity index (χ1v) is 9.02. The Morgan fingerprint density at radius 2 is 1.74 bits per heavy atom. The molecule has 1 N–H and O–H groups in total. The zero-order valence-electron chi connectivity index (χ0n) is 15.6. The van der Waals surface area contributed by atoms with E-state index in [0.29, 0.717) is 24.7 Å². The summed E-state index contributed by atoms with van der Waals surface area (Å²) in [6.45, 7) is 0.555. The first-order chi connectivity index (χ1) is 13.1. The van der Waals surface area contributed by atoms with E-state index in [1.54, 1.807) is 0 Å². The highest BCUT2D eigenvalue weighted by Gasteiger charge is 2.22. The minimum Gasteiger partial charge on any atom is -0.354 e. The van der Waals surface area contributed by atoms with Crippen molar-refractivity contribution in [3.63, 3.8) is 0 Å². The number of aromatic nitrogens is 2. The van der Waals surface area contributed by atoms with E-state index in [0.717, 1.165) is 17.5 Å². The highest BCUT2D eigenvalue weighted by molar-refractivity contribution is 5.83. The molecule has 0 bridgehead atoms. The summed E-state index contributed by atoms with van der Waals surface area (Å²) in [7, 11) is 3.81. The minimum absolute atomic E-state index is 0.0123. The fourth-order valence-electron chi connectivity index (χ4n) is 2.93. The maximum Gasteiger partial charge on any atom is 0.241 e. The average Bonchev–Trinajstić information content (AvgIpc) is 3.16. The van der Waals surface area contributed by atoms with Gasteiger partial charge in [0.25, 0.3) is 0 Å². The van der Waals surface area contributed by atoms with Gasteiger partial charge in [0.1, 0.15) is 6.04 Å². The summed E-state index contributed by atoms with van der Waals surface area (Å²) in [5.41, 5.74) is 1.90. The lowest BCUT2D eigenvalue weighted by Crippen LogP contribution is -2.37. The van der Waals surface area contributed by atoms with E-state index in [-0.39, 0.29) is 11.9 Å². The molecule has 6 nitrogen and oxygen atoms in total. The van der Waals surface area contributed by atoms with Crippen molar-refractivity contribution < 1.29 is 9.32 Å². The Morgan fingerprint density at radius 3 is 2.41 bits per heavy atom. The molecule has 0 saturated heterocycles. The number of carbonyl (C=O) groups excluding carboxylic acids is 1. The van der Waals surface area contributed by atoms with Crippen LogP contribution in [0.3, 0.4) is 0 Å².